The van der Waals surface area contributed by atoms with Crippen molar-refractivity contribution in [3.63, 3.8) is 0 Å². The van der Waals surface area contributed by atoms with E-state index in [4.69, 9.17) is 9.47 Å². The van der Waals surface area contributed by atoms with Crippen LogP contribution in [-0.2, 0) is 9.53 Å². The first kappa shape index (κ1) is 11.3. The molecule has 0 radical (unpaired) electrons. The van der Waals surface area contributed by atoms with E-state index in [1.165, 1.54) is 0 Å². The first-order valence-corrected chi connectivity index (χ1v) is 4.77. The first-order valence-electron chi connectivity index (χ1n) is 4.77. The van der Waals surface area contributed by atoms with Crippen LogP contribution < -0.4 is 4.74 Å². The van der Waals surface area contributed by atoms with Crippen LogP contribution in [0.3, 0.4) is 0 Å². The Bertz CT molecular complexity index is 344. The number of hydrogen-bond acceptors (Lipinski definition) is 3. The summed E-state index contributed by atoms with van der Waals surface area (Å²) in [6, 6.07) is 7.35. The van der Waals surface area contributed by atoms with Gasteiger partial charge in [-0.15, -0.1) is 0 Å². The van der Waals surface area contributed by atoms with Gasteiger partial charge in [-0.05, 0) is 24.6 Å². The zero-order valence-corrected chi connectivity index (χ0v) is 8.73. The first-order chi connectivity index (χ1) is 7.26. The molecule has 0 atom stereocenters. The van der Waals surface area contributed by atoms with Crippen LogP contribution in [0.5, 0.6) is 5.75 Å². The van der Waals surface area contributed by atoms with E-state index in [0.29, 0.717) is 12.4 Å². The number of carbonyl (C=O) groups is 1. The molecule has 1 rings (SSSR count). The van der Waals surface area contributed by atoms with Crippen LogP contribution in [0.15, 0.2) is 30.8 Å². The Kier molecular flexibility index (Phi) is 4.41. The minimum absolute atomic E-state index is 0.0611. The number of benzene rings is 1. The molecule has 1 aromatic rings. The van der Waals surface area contributed by atoms with E-state index in [1.807, 2.05) is 18.2 Å². The lowest BCUT2D eigenvalue weighted by molar-refractivity contribution is -0.145. The SMILES string of the molecule is C=Cc1cccc(OCC(=O)OCC)c1. The summed E-state index contributed by atoms with van der Waals surface area (Å²) in [6.45, 7) is 5.72. The van der Waals surface area contributed by atoms with Crippen molar-refractivity contribution in [1.82, 2.24) is 0 Å². The van der Waals surface area contributed by atoms with E-state index in [-0.39, 0.29) is 12.6 Å². The average Bonchev–Trinajstić information content (AvgIpc) is 2.27. The molecule has 15 heavy (non-hydrogen) atoms. The Morgan fingerprint density at radius 2 is 2.33 bits per heavy atom. The largest absolute Gasteiger partial charge is 0.482 e. The third-order valence-corrected chi connectivity index (χ3v) is 1.76. The monoisotopic (exact) mass is 206 g/mol. The van der Waals surface area contributed by atoms with Crippen molar-refractivity contribution < 1.29 is 14.3 Å². The molecular formula is C12H14O3. The van der Waals surface area contributed by atoms with E-state index in [9.17, 15) is 4.79 Å². The molecule has 0 fully saturated rings. The lowest BCUT2D eigenvalue weighted by Gasteiger charge is -2.05. The molecule has 0 saturated carbocycles. The summed E-state index contributed by atoms with van der Waals surface area (Å²) in [5, 5.41) is 0. The van der Waals surface area contributed by atoms with Gasteiger partial charge in [0.15, 0.2) is 6.61 Å². The topological polar surface area (TPSA) is 35.5 Å². The van der Waals surface area contributed by atoms with Gasteiger partial charge >= 0.3 is 5.97 Å². The van der Waals surface area contributed by atoms with Gasteiger partial charge in [-0.3, -0.25) is 0 Å². The summed E-state index contributed by atoms with van der Waals surface area (Å²) in [7, 11) is 0. The molecule has 0 aliphatic carbocycles. The van der Waals surface area contributed by atoms with Gasteiger partial charge in [-0.2, -0.15) is 0 Å². The number of carbonyl (C=O) groups excluding carboxylic acids is 1. The fraction of sp³-hybridized carbons (Fsp3) is 0.250. The molecule has 0 heterocycles. The Morgan fingerprint density at radius 3 is 3.00 bits per heavy atom. The highest BCUT2D eigenvalue weighted by atomic mass is 16.6. The maximum Gasteiger partial charge on any atom is 0.344 e. The fourth-order valence-corrected chi connectivity index (χ4v) is 1.08. The van der Waals surface area contributed by atoms with Gasteiger partial charge in [0, 0.05) is 0 Å². The van der Waals surface area contributed by atoms with Crippen molar-refractivity contribution in [3.8, 4) is 5.75 Å². The molecule has 1 aromatic carbocycles. The van der Waals surface area contributed by atoms with Gasteiger partial charge in [0.05, 0.1) is 6.61 Å². The second-order valence-electron chi connectivity index (χ2n) is 2.87. The van der Waals surface area contributed by atoms with Crippen LogP contribution in [0.1, 0.15) is 12.5 Å². The quantitative estimate of drug-likeness (QED) is 0.693. The summed E-state index contributed by atoms with van der Waals surface area (Å²) in [5.74, 6) is 0.280. The van der Waals surface area contributed by atoms with E-state index >= 15 is 0 Å². The van der Waals surface area contributed by atoms with Crippen LogP contribution in [-0.4, -0.2) is 19.2 Å². The molecule has 0 bridgehead atoms. The summed E-state index contributed by atoms with van der Waals surface area (Å²) in [4.78, 5) is 11.0. The Hall–Kier alpha value is -1.77. The number of esters is 1. The molecule has 0 amide bonds. The molecule has 0 aliphatic rings. The van der Waals surface area contributed by atoms with Crippen molar-refractivity contribution in [1.29, 1.82) is 0 Å². The zero-order chi connectivity index (χ0) is 11.1. The third kappa shape index (κ3) is 3.85. The second kappa shape index (κ2) is 5.86. The van der Waals surface area contributed by atoms with Crippen molar-refractivity contribution in [2.75, 3.05) is 13.2 Å². The highest BCUT2D eigenvalue weighted by Crippen LogP contribution is 2.13. The molecule has 0 spiro atoms. The highest BCUT2D eigenvalue weighted by molar-refractivity contribution is 5.71. The standard InChI is InChI=1S/C12H14O3/c1-3-10-6-5-7-11(8-10)15-9-12(13)14-4-2/h3,5-8H,1,4,9H2,2H3. The molecular weight excluding hydrogens is 192 g/mol. The van der Waals surface area contributed by atoms with Gasteiger partial charge in [0.2, 0.25) is 0 Å². The van der Waals surface area contributed by atoms with Crippen molar-refractivity contribution >= 4 is 12.0 Å². The van der Waals surface area contributed by atoms with Gasteiger partial charge < -0.3 is 9.47 Å². The minimum Gasteiger partial charge on any atom is -0.482 e. The number of rotatable bonds is 5. The Balaban J connectivity index is 2.50. The molecule has 0 aromatic heterocycles. The van der Waals surface area contributed by atoms with Crippen molar-refractivity contribution in [2.45, 2.75) is 6.92 Å². The van der Waals surface area contributed by atoms with Crippen LogP contribution in [0.4, 0.5) is 0 Å². The van der Waals surface area contributed by atoms with Gasteiger partial charge in [-0.1, -0.05) is 24.8 Å². The Morgan fingerprint density at radius 1 is 1.53 bits per heavy atom. The summed E-state index contributed by atoms with van der Waals surface area (Å²) in [5.41, 5.74) is 0.955. The maximum absolute atomic E-state index is 11.0. The average molecular weight is 206 g/mol. The second-order valence-corrected chi connectivity index (χ2v) is 2.87. The Labute approximate surface area is 89.3 Å². The molecule has 0 N–H and O–H groups in total. The van der Waals surface area contributed by atoms with Gasteiger partial charge in [-0.25, -0.2) is 4.79 Å². The molecule has 0 aliphatic heterocycles. The van der Waals surface area contributed by atoms with Gasteiger partial charge in [0.25, 0.3) is 0 Å². The van der Waals surface area contributed by atoms with Gasteiger partial charge in [0.1, 0.15) is 5.75 Å². The predicted octanol–water partition coefficient (Wildman–Crippen LogP) is 2.27. The molecule has 0 saturated heterocycles. The minimum atomic E-state index is -0.360. The lowest BCUT2D eigenvalue weighted by Crippen LogP contribution is -2.14. The summed E-state index contributed by atoms with van der Waals surface area (Å²) in [6.07, 6.45) is 1.72. The van der Waals surface area contributed by atoms with Crippen LogP contribution in [0.2, 0.25) is 0 Å². The smallest absolute Gasteiger partial charge is 0.344 e. The van der Waals surface area contributed by atoms with E-state index in [1.54, 1.807) is 19.1 Å². The van der Waals surface area contributed by atoms with Crippen molar-refractivity contribution in [2.24, 2.45) is 0 Å². The predicted molar refractivity (Wildman–Crippen MR) is 58.7 cm³/mol. The van der Waals surface area contributed by atoms with Crippen molar-refractivity contribution in [3.05, 3.63) is 36.4 Å². The molecule has 80 valence electrons. The molecule has 3 nitrogen and oxygen atoms in total. The number of ether oxygens (including phenoxy) is 2. The fourth-order valence-electron chi connectivity index (χ4n) is 1.08. The molecule has 0 unspecified atom stereocenters. The van der Waals surface area contributed by atoms with E-state index < -0.39 is 0 Å². The summed E-state index contributed by atoms with van der Waals surface area (Å²) < 4.78 is 9.98. The molecule has 3 heteroatoms. The van der Waals surface area contributed by atoms with Crippen LogP contribution in [0, 0.1) is 0 Å². The summed E-state index contributed by atoms with van der Waals surface area (Å²) >= 11 is 0. The van der Waals surface area contributed by atoms with Crippen LogP contribution >= 0.6 is 0 Å². The highest BCUT2D eigenvalue weighted by Gasteiger charge is 2.02. The third-order valence-electron chi connectivity index (χ3n) is 1.76. The van der Waals surface area contributed by atoms with E-state index in [2.05, 4.69) is 6.58 Å². The van der Waals surface area contributed by atoms with E-state index in [0.717, 1.165) is 5.56 Å². The maximum atomic E-state index is 11.0. The lowest BCUT2D eigenvalue weighted by atomic mass is 10.2. The van der Waals surface area contributed by atoms with Crippen LogP contribution in [0.25, 0.3) is 6.08 Å². The number of hydrogen-bond donors (Lipinski definition) is 0. The normalized spacial score (nSPS) is 9.40. The zero-order valence-electron chi connectivity index (χ0n) is 8.73.